The molecule has 0 aliphatic carbocycles. The van der Waals surface area contributed by atoms with Gasteiger partial charge in [-0.05, 0) is 31.9 Å². The van der Waals surface area contributed by atoms with Gasteiger partial charge in [0.1, 0.15) is 5.75 Å². The largest absolute Gasteiger partial charge is 0.480 e. The third-order valence-electron chi connectivity index (χ3n) is 2.78. The SMILES string of the molecule is CC(C)CNC(=O)C(C)Oc1cc(Br)ccc1[C@H](C)O. The van der Waals surface area contributed by atoms with E-state index in [9.17, 15) is 9.90 Å². The van der Waals surface area contributed by atoms with Crippen LogP contribution in [0.3, 0.4) is 0 Å². The maximum Gasteiger partial charge on any atom is 0.260 e. The van der Waals surface area contributed by atoms with E-state index in [2.05, 4.69) is 21.2 Å². The van der Waals surface area contributed by atoms with Gasteiger partial charge in [-0.1, -0.05) is 35.8 Å². The first kappa shape index (κ1) is 17.0. The molecule has 5 heteroatoms. The van der Waals surface area contributed by atoms with Gasteiger partial charge >= 0.3 is 0 Å². The first-order chi connectivity index (χ1) is 9.31. The molecule has 0 radical (unpaired) electrons. The van der Waals surface area contributed by atoms with Gasteiger partial charge < -0.3 is 15.2 Å². The van der Waals surface area contributed by atoms with Crippen LogP contribution in [-0.2, 0) is 4.79 Å². The summed E-state index contributed by atoms with van der Waals surface area (Å²) >= 11 is 3.36. The van der Waals surface area contributed by atoms with Crippen LogP contribution in [0.4, 0.5) is 0 Å². The van der Waals surface area contributed by atoms with Crippen LogP contribution in [0.2, 0.25) is 0 Å². The quantitative estimate of drug-likeness (QED) is 0.834. The molecule has 0 bridgehead atoms. The van der Waals surface area contributed by atoms with Crippen molar-refractivity contribution in [3.05, 3.63) is 28.2 Å². The van der Waals surface area contributed by atoms with E-state index < -0.39 is 12.2 Å². The minimum Gasteiger partial charge on any atom is -0.480 e. The Balaban J connectivity index is 2.76. The van der Waals surface area contributed by atoms with Gasteiger partial charge in [-0.2, -0.15) is 0 Å². The number of ether oxygens (including phenoxy) is 1. The topological polar surface area (TPSA) is 58.6 Å². The molecule has 0 saturated carbocycles. The average molecular weight is 344 g/mol. The van der Waals surface area contributed by atoms with Gasteiger partial charge in [0, 0.05) is 16.6 Å². The first-order valence-corrected chi connectivity index (χ1v) is 7.52. The number of carbonyl (C=O) groups is 1. The Kier molecular flexibility index (Phi) is 6.49. The number of hydrogen-bond acceptors (Lipinski definition) is 3. The van der Waals surface area contributed by atoms with Crippen molar-refractivity contribution in [2.75, 3.05) is 6.54 Å². The van der Waals surface area contributed by atoms with Crippen LogP contribution >= 0.6 is 15.9 Å². The van der Waals surface area contributed by atoms with E-state index >= 15 is 0 Å². The minimum absolute atomic E-state index is 0.157. The maximum atomic E-state index is 11.9. The number of benzene rings is 1. The minimum atomic E-state index is -0.649. The molecule has 112 valence electrons. The van der Waals surface area contributed by atoms with Crippen LogP contribution in [0.1, 0.15) is 39.4 Å². The predicted molar refractivity (Wildman–Crippen MR) is 82.7 cm³/mol. The molecule has 0 aromatic heterocycles. The summed E-state index contributed by atoms with van der Waals surface area (Å²) in [6, 6.07) is 5.37. The number of halogens is 1. The Bertz CT molecular complexity index is 460. The van der Waals surface area contributed by atoms with Crippen LogP contribution in [0.25, 0.3) is 0 Å². The molecule has 4 nitrogen and oxygen atoms in total. The Morgan fingerprint density at radius 2 is 2.00 bits per heavy atom. The number of hydrogen-bond donors (Lipinski definition) is 2. The van der Waals surface area contributed by atoms with Gasteiger partial charge in [-0.25, -0.2) is 0 Å². The Labute approximate surface area is 128 Å². The van der Waals surface area contributed by atoms with E-state index in [-0.39, 0.29) is 5.91 Å². The summed E-state index contributed by atoms with van der Waals surface area (Å²) in [6.07, 6.45) is -1.26. The average Bonchev–Trinajstić information content (AvgIpc) is 2.35. The Morgan fingerprint density at radius 3 is 2.55 bits per heavy atom. The zero-order valence-electron chi connectivity index (χ0n) is 12.3. The molecule has 2 atom stereocenters. The first-order valence-electron chi connectivity index (χ1n) is 6.73. The standard InChI is InChI=1S/C15H22BrNO3/c1-9(2)8-17-15(19)11(4)20-14-7-12(16)5-6-13(14)10(3)18/h5-7,9-11,18H,8H2,1-4H3,(H,17,19)/t10-,11?/m0/s1. The molecular weight excluding hydrogens is 322 g/mol. The van der Waals surface area contributed by atoms with E-state index in [0.29, 0.717) is 23.8 Å². The summed E-state index contributed by atoms with van der Waals surface area (Å²) in [5, 5.41) is 12.6. The normalized spacial score (nSPS) is 13.9. The maximum absolute atomic E-state index is 11.9. The fraction of sp³-hybridized carbons (Fsp3) is 0.533. The third kappa shape index (κ3) is 5.13. The van der Waals surface area contributed by atoms with Crippen molar-refractivity contribution in [3.63, 3.8) is 0 Å². The summed E-state index contributed by atoms with van der Waals surface area (Å²) in [5.74, 6) is 0.752. The van der Waals surface area contributed by atoms with Gasteiger partial charge in [0.05, 0.1) is 6.10 Å². The molecule has 1 aromatic rings. The number of aliphatic hydroxyl groups excluding tert-OH is 1. The number of rotatable bonds is 6. The third-order valence-corrected chi connectivity index (χ3v) is 3.28. The highest BCUT2D eigenvalue weighted by atomic mass is 79.9. The molecule has 0 aliphatic rings. The van der Waals surface area contributed by atoms with Crippen LogP contribution in [0.5, 0.6) is 5.75 Å². The lowest BCUT2D eigenvalue weighted by molar-refractivity contribution is -0.127. The molecule has 1 amide bonds. The van der Waals surface area contributed by atoms with Gasteiger partial charge in [0.25, 0.3) is 5.91 Å². The van der Waals surface area contributed by atoms with Crippen molar-refractivity contribution in [1.29, 1.82) is 0 Å². The summed E-state index contributed by atoms with van der Waals surface area (Å²) in [4.78, 5) is 11.9. The van der Waals surface area contributed by atoms with Gasteiger partial charge in [0.2, 0.25) is 0 Å². The fourth-order valence-corrected chi connectivity index (χ4v) is 1.99. The molecule has 1 rings (SSSR count). The van der Waals surface area contributed by atoms with Crippen LogP contribution in [0.15, 0.2) is 22.7 Å². The second-order valence-corrected chi connectivity index (χ2v) is 6.17. The lowest BCUT2D eigenvalue weighted by Crippen LogP contribution is -2.38. The second kappa shape index (κ2) is 7.64. The van der Waals surface area contributed by atoms with Crippen LogP contribution in [-0.4, -0.2) is 23.7 Å². The van der Waals surface area contributed by atoms with E-state index in [0.717, 1.165) is 4.47 Å². The Morgan fingerprint density at radius 1 is 1.35 bits per heavy atom. The zero-order valence-corrected chi connectivity index (χ0v) is 13.9. The summed E-state index contributed by atoms with van der Waals surface area (Å²) in [7, 11) is 0. The molecule has 0 heterocycles. The molecule has 1 unspecified atom stereocenters. The van der Waals surface area contributed by atoms with Gasteiger partial charge in [-0.3, -0.25) is 4.79 Å². The molecule has 0 fully saturated rings. The highest BCUT2D eigenvalue weighted by Gasteiger charge is 2.18. The lowest BCUT2D eigenvalue weighted by Gasteiger charge is -2.19. The smallest absolute Gasteiger partial charge is 0.260 e. The fourth-order valence-electron chi connectivity index (χ4n) is 1.65. The molecule has 1 aromatic carbocycles. The van der Waals surface area contributed by atoms with E-state index in [1.807, 2.05) is 19.9 Å². The number of carbonyl (C=O) groups excluding carboxylic acids is 1. The molecule has 0 aliphatic heterocycles. The molecular formula is C15H22BrNO3. The number of aliphatic hydroxyl groups is 1. The lowest BCUT2D eigenvalue weighted by atomic mass is 10.1. The van der Waals surface area contributed by atoms with Gasteiger partial charge in [-0.15, -0.1) is 0 Å². The molecule has 2 N–H and O–H groups in total. The zero-order chi connectivity index (χ0) is 15.3. The summed E-state index contributed by atoms with van der Waals surface area (Å²) in [6.45, 7) is 8.05. The molecule has 0 saturated heterocycles. The van der Waals surface area contributed by atoms with Crippen molar-refractivity contribution >= 4 is 21.8 Å². The molecule has 0 spiro atoms. The van der Waals surface area contributed by atoms with Crippen molar-refractivity contribution in [3.8, 4) is 5.75 Å². The van der Waals surface area contributed by atoms with Crippen LogP contribution in [0, 0.1) is 5.92 Å². The number of nitrogens with one attached hydrogen (secondary N) is 1. The summed E-state index contributed by atoms with van der Waals surface area (Å²) in [5.41, 5.74) is 0.664. The summed E-state index contributed by atoms with van der Waals surface area (Å²) < 4.78 is 6.52. The van der Waals surface area contributed by atoms with Crippen molar-refractivity contribution in [1.82, 2.24) is 5.32 Å². The van der Waals surface area contributed by atoms with E-state index in [1.165, 1.54) is 0 Å². The van der Waals surface area contributed by atoms with E-state index in [1.54, 1.807) is 26.0 Å². The van der Waals surface area contributed by atoms with Crippen molar-refractivity contribution in [2.45, 2.75) is 39.9 Å². The predicted octanol–water partition coefficient (Wildman–Crippen LogP) is 3.04. The highest BCUT2D eigenvalue weighted by Crippen LogP contribution is 2.29. The second-order valence-electron chi connectivity index (χ2n) is 5.26. The van der Waals surface area contributed by atoms with E-state index in [4.69, 9.17) is 4.74 Å². The van der Waals surface area contributed by atoms with Crippen molar-refractivity contribution < 1.29 is 14.6 Å². The number of amides is 1. The monoisotopic (exact) mass is 343 g/mol. The van der Waals surface area contributed by atoms with Crippen LogP contribution < -0.4 is 10.1 Å². The molecule has 20 heavy (non-hydrogen) atoms. The highest BCUT2D eigenvalue weighted by molar-refractivity contribution is 9.10. The van der Waals surface area contributed by atoms with Gasteiger partial charge in [0.15, 0.2) is 6.10 Å². The Hall–Kier alpha value is -1.07. The van der Waals surface area contributed by atoms with Crippen molar-refractivity contribution in [2.24, 2.45) is 5.92 Å².